The van der Waals surface area contributed by atoms with Crippen molar-refractivity contribution < 1.29 is 17.7 Å². The quantitative estimate of drug-likeness (QED) is 0.665. The Morgan fingerprint density at radius 2 is 2.00 bits per heavy atom. The van der Waals surface area contributed by atoms with Crippen molar-refractivity contribution in [1.29, 1.82) is 0 Å². The number of halogens is 1. The van der Waals surface area contributed by atoms with Gasteiger partial charge in [-0.15, -0.1) is 0 Å². The smallest absolute Gasteiger partial charge is 0.292 e. The van der Waals surface area contributed by atoms with Crippen molar-refractivity contribution in [2.75, 3.05) is 13.1 Å². The first kappa shape index (κ1) is 15.3. The minimum atomic E-state index is -4.25. The molecule has 9 heteroatoms. The summed E-state index contributed by atoms with van der Waals surface area (Å²) in [6.45, 7) is 1.17. The van der Waals surface area contributed by atoms with Crippen LogP contribution in [0.2, 0.25) is 0 Å². The van der Waals surface area contributed by atoms with Gasteiger partial charge in [0.1, 0.15) is 5.82 Å². The largest absolute Gasteiger partial charge is 0.315 e. The van der Waals surface area contributed by atoms with Gasteiger partial charge in [0.2, 0.25) is 0 Å². The third-order valence-electron chi connectivity index (χ3n) is 4.27. The Labute approximate surface area is 127 Å². The summed E-state index contributed by atoms with van der Waals surface area (Å²) in [5.41, 5.74) is -0.711. The summed E-state index contributed by atoms with van der Waals surface area (Å²) < 4.78 is 41.2. The van der Waals surface area contributed by atoms with E-state index in [1.165, 1.54) is 4.31 Å². The zero-order valence-electron chi connectivity index (χ0n) is 11.7. The average molecular weight is 329 g/mol. The van der Waals surface area contributed by atoms with E-state index < -0.39 is 31.3 Å². The summed E-state index contributed by atoms with van der Waals surface area (Å²) in [6.07, 6.45) is 2.00. The highest BCUT2D eigenvalue weighted by atomic mass is 32.2. The number of hydrogen-bond donors (Lipinski definition) is 1. The molecule has 1 N–H and O–H groups in total. The van der Waals surface area contributed by atoms with Gasteiger partial charge in [-0.05, 0) is 31.9 Å². The second-order valence-corrected chi connectivity index (χ2v) is 7.34. The minimum absolute atomic E-state index is 0.232. The molecule has 0 saturated carbocycles. The van der Waals surface area contributed by atoms with Crippen LogP contribution in [0.15, 0.2) is 23.1 Å². The van der Waals surface area contributed by atoms with E-state index in [0.717, 1.165) is 18.2 Å². The first-order chi connectivity index (χ1) is 10.4. The summed E-state index contributed by atoms with van der Waals surface area (Å²) in [4.78, 5) is 9.42. The van der Waals surface area contributed by atoms with E-state index in [1.54, 1.807) is 0 Å². The van der Waals surface area contributed by atoms with Gasteiger partial charge in [0.15, 0.2) is 4.90 Å². The normalized spacial score (nSPS) is 25.9. The average Bonchev–Trinajstić information content (AvgIpc) is 2.72. The number of benzene rings is 1. The lowest BCUT2D eigenvalue weighted by Crippen LogP contribution is -2.42. The van der Waals surface area contributed by atoms with Crippen LogP contribution in [-0.2, 0) is 10.0 Å². The van der Waals surface area contributed by atoms with Crippen LogP contribution in [-0.4, -0.2) is 42.8 Å². The minimum Gasteiger partial charge on any atom is -0.315 e. The van der Waals surface area contributed by atoms with Crippen molar-refractivity contribution in [3.05, 3.63) is 34.1 Å². The van der Waals surface area contributed by atoms with Crippen LogP contribution in [0.5, 0.6) is 0 Å². The summed E-state index contributed by atoms with van der Waals surface area (Å²) in [7, 11) is -4.25. The molecule has 0 radical (unpaired) electrons. The van der Waals surface area contributed by atoms with E-state index in [4.69, 9.17) is 0 Å². The molecule has 1 aromatic carbocycles. The molecule has 3 rings (SSSR count). The fourth-order valence-corrected chi connectivity index (χ4v) is 5.44. The molecule has 2 aliphatic heterocycles. The van der Waals surface area contributed by atoms with Gasteiger partial charge >= 0.3 is 0 Å². The molecular weight excluding hydrogens is 313 g/mol. The molecule has 22 heavy (non-hydrogen) atoms. The number of hydrogen-bond acceptors (Lipinski definition) is 5. The van der Waals surface area contributed by atoms with Crippen LogP contribution in [0.1, 0.15) is 19.3 Å². The number of nitrogens with one attached hydrogen (secondary N) is 1. The maximum absolute atomic E-state index is 14.1. The number of sulfonamides is 1. The van der Waals surface area contributed by atoms with Crippen LogP contribution in [0.4, 0.5) is 10.1 Å². The topological polar surface area (TPSA) is 92.5 Å². The van der Waals surface area contributed by atoms with Crippen molar-refractivity contribution >= 4 is 15.7 Å². The van der Waals surface area contributed by atoms with Crippen molar-refractivity contribution in [3.63, 3.8) is 0 Å². The molecule has 2 unspecified atom stereocenters. The molecule has 120 valence electrons. The first-order valence-corrected chi connectivity index (χ1v) is 8.54. The third kappa shape index (κ3) is 2.38. The Hall–Kier alpha value is -1.58. The fraction of sp³-hybridized carbons (Fsp3) is 0.538. The van der Waals surface area contributed by atoms with Crippen LogP contribution in [0.25, 0.3) is 0 Å². The maximum Gasteiger partial charge on any atom is 0.292 e. The molecule has 0 aromatic heterocycles. The van der Waals surface area contributed by atoms with Gasteiger partial charge < -0.3 is 5.32 Å². The van der Waals surface area contributed by atoms with Gasteiger partial charge in [0.25, 0.3) is 15.7 Å². The van der Waals surface area contributed by atoms with Gasteiger partial charge in [-0.1, -0.05) is 6.07 Å². The van der Waals surface area contributed by atoms with E-state index in [1.807, 2.05) is 0 Å². The zero-order chi connectivity index (χ0) is 15.9. The zero-order valence-corrected chi connectivity index (χ0v) is 12.6. The van der Waals surface area contributed by atoms with E-state index >= 15 is 0 Å². The molecule has 2 atom stereocenters. The fourth-order valence-electron chi connectivity index (χ4n) is 3.33. The van der Waals surface area contributed by atoms with Gasteiger partial charge in [-0.3, -0.25) is 10.1 Å². The number of nitro groups is 1. The monoisotopic (exact) mass is 329 g/mol. The van der Waals surface area contributed by atoms with Gasteiger partial charge in [0, 0.05) is 24.7 Å². The predicted molar refractivity (Wildman–Crippen MR) is 76.4 cm³/mol. The molecule has 0 spiro atoms. The Bertz CT molecular complexity index is 695. The van der Waals surface area contributed by atoms with Gasteiger partial charge in [-0.2, -0.15) is 4.31 Å². The summed E-state index contributed by atoms with van der Waals surface area (Å²) >= 11 is 0. The van der Waals surface area contributed by atoms with Crippen molar-refractivity contribution in [3.8, 4) is 0 Å². The SMILES string of the molecule is O=[N+]([O-])c1cccc(F)c1S(=O)(=O)N1C2CCNCC1CC2. The number of rotatable bonds is 3. The molecule has 2 saturated heterocycles. The summed E-state index contributed by atoms with van der Waals surface area (Å²) in [6, 6.07) is 2.59. The summed E-state index contributed by atoms with van der Waals surface area (Å²) in [5.74, 6) is -1.08. The molecule has 2 fully saturated rings. The van der Waals surface area contributed by atoms with Crippen LogP contribution >= 0.6 is 0 Å². The second-order valence-electron chi connectivity index (χ2n) is 5.56. The van der Waals surface area contributed by atoms with E-state index in [-0.39, 0.29) is 12.1 Å². The standard InChI is InChI=1S/C13H16FN3O4S/c14-11-2-1-3-12(17(18)19)13(11)22(20,21)16-9-4-5-10(16)8-15-7-6-9/h1-3,9-10,15H,4-8H2. The van der Waals surface area contributed by atoms with E-state index in [9.17, 15) is 22.9 Å². The third-order valence-corrected chi connectivity index (χ3v) is 6.34. The van der Waals surface area contributed by atoms with E-state index in [0.29, 0.717) is 32.4 Å². The maximum atomic E-state index is 14.1. The lowest BCUT2D eigenvalue weighted by Gasteiger charge is -2.26. The van der Waals surface area contributed by atoms with Crippen LogP contribution in [0, 0.1) is 15.9 Å². The molecule has 0 aliphatic carbocycles. The van der Waals surface area contributed by atoms with Crippen LogP contribution < -0.4 is 5.32 Å². The molecule has 7 nitrogen and oxygen atoms in total. The molecular formula is C13H16FN3O4S. The molecule has 1 aromatic rings. The molecule has 2 aliphatic rings. The molecule has 0 amide bonds. The van der Waals surface area contributed by atoms with Crippen molar-refractivity contribution in [2.45, 2.75) is 36.2 Å². The highest BCUT2D eigenvalue weighted by molar-refractivity contribution is 7.89. The second kappa shape index (κ2) is 5.56. The van der Waals surface area contributed by atoms with Gasteiger partial charge in [0.05, 0.1) is 4.92 Å². The highest BCUT2D eigenvalue weighted by Crippen LogP contribution is 2.37. The number of nitrogens with zero attached hydrogens (tertiary/aromatic N) is 2. The molecule has 2 heterocycles. The summed E-state index contributed by atoms with van der Waals surface area (Å²) in [5, 5.41) is 14.2. The predicted octanol–water partition coefficient (Wildman–Crippen LogP) is 1.25. The Morgan fingerprint density at radius 1 is 1.27 bits per heavy atom. The Morgan fingerprint density at radius 3 is 2.73 bits per heavy atom. The first-order valence-electron chi connectivity index (χ1n) is 7.10. The van der Waals surface area contributed by atoms with Gasteiger partial charge in [-0.25, -0.2) is 12.8 Å². The lowest BCUT2D eigenvalue weighted by atomic mass is 10.1. The Kier molecular flexibility index (Phi) is 3.87. The van der Waals surface area contributed by atoms with Crippen molar-refractivity contribution in [1.82, 2.24) is 9.62 Å². The number of nitro benzene ring substituents is 1. The van der Waals surface area contributed by atoms with Crippen molar-refractivity contribution in [2.24, 2.45) is 0 Å². The lowest BCUT2D eigenvalue weighted by molar-refractivity contribution is -0.388. The molecule has 2 bridgehead atoms. The highest BCUT2D eigenvalue weighted by Gasteiger charge is 2.46. The van der Waals surface area contributed by atoms with E-state index in [2.05, 4.69) is 5.32 Å². The van der Waals surface area contributed by atoms with Crippen LogP contribution in [0.3, 0.4) is 0 Å². The number of fused-ring (bicyclic) bond motifs is 2. The Balaban J connectivity index is 2.13.